The van der Waals surface area contributed by atoms with Crippen LogP contribution in [0.1, 0.15) is 30.5 Å². The molecule has 0 amide bonds. The molecule has 2 aromatic carbocycles. The number of nitrogens with zero attached hydrogens (tertiary/aromatic N) is 2. The lowest BCUT2D eigenvalue weighted by atomic mass is 9.70. The summed E-state index contributed by atoms with van der Waals surface area (Å²) in [5, 5.41) is 6.38. The summed E-state index contributed by atoms with van der Waals surface area (Å²) in [6.45, 7) is 5.10. The Morgan fingerprint density at radius 2 is 1.87 bits per heavy atom. The molecular formula is C25H28FN3OS. The first kappa shape index (κ1) is 20.6. The smallest absolute Gasteiger partial charge is 0.187 e. The minimum absolute atomic E-state index is 0.0663. The molecule has 31 heavy (non-hydrogen) atoms. The zero-order valence-electron chi connectivity index (χ0n) is 17.6. The van der Waals surface area contributed by atoms with Crippen molar-refractivity contribution in [3.63, 3.8) is 0 Å². The maximum absolute atomic E-state index is 13.2. The number of nitrogens with one attached hydrogen (secondary N) is 1. The SMILES string of the molecule is Fc1ccc(Nc2nc(C3(c4ccccc4)CCN(CC4CCOC4)CC3)cs2)cc1. The Balaban J connectivity index is 1.36. The summed E-state index contributed by atoms with van der Waals surface area (Å²) < 4.78 is 18.8. The molecule has 162 valence electrons. The molecule has 0 saturated carbocycles. The molecule has 4 nitrogen and oxygen atoms in total. The fourth-order valence-corrected chi connectivity index (χ4v) is 5.70. The number of rotatable bonds is 6. The number of hydrogen-bond acceptors (Lipinski definition) is 5. The molecule has 2 saturated heterocycles. The van der Waals surface area contributed by atoms with Gasteiger partial charge >= 0.3 is 0 Å². The predicted molar refractivity (Wildman–Crippen MR) is 124 cm³/mol. The van der Waals surface area contributed by atoms with E-state index in [1.165, 1.54) is 24.1 Å². The molecule has 0 radical (unpaired) electrons. The average molecular weight is 438 g/mol. The molecule has 2 aliphatic rings. The number of benzene rings is 2. The van der Waals surface area contributed by atoms with Crippen molar-refractivity contribution in [2.75, 3.05) is 38.2 Å². The van der Waals surface area contributed by atoms with Gasteiger partial charge in [-0.3, -0.25) is 0 Å². The maximum atomic E-state index is 13.2. The van der Waals surface area contributed by atoms with Gasteiger partial charge < -0.3 is 15.0 Å². The van der Waals surface area contributed by atoms with Gasteiger partial charge in [-0.15, -0.1) is 11.3 Å². The largest absolute Gasteiger partial charge is 0.381 e. The lowest BCUT2D eigenvalue weighted by Crippen LogP contribution is -2.45. The Bertz CT molecular complexity index is 978. The molecule has 0 aliphatic carbocycles. The second kappa shape index (κ2) is 9.07. The van der Waals surface area contributed by atoms with Gasteiger partial charge in [0.15, 0.2) is 5.13 Å². The Hall–Kier alpha value is -2.28. The van der Waals surface area contributed by atoms with Crippen molar-refractivity contribution in [1.82, 2.24) is 9.88 Å². The molecule has 1 atom stereocenters. The highest BCUT2D eigenvalue weighted by atomic mass is 32.1. The van der Waals surface area contributed by atoms with Gasteiger partial charge in [0.2, 0.25) is 0 Å². The number of halogens is 1. The molecule has 6 heteroatoms. The first-order valence-electron chi connectivity index (χ1n) is 11.1. The number of likely N-dealkylation sites (tertiary alicyclic amines) is 1. The molecule has 1 aromatic heterocycles. The molecule has 2 fully saturated rings. The van der Waals surface area contributed by atoms with Crippen LogP contribution in [-0.2, 0) is 10.2 Å². The molecule has 3 heterocycles. The van der Waals surface area contributed by atoms with Gasteiger partial charge in [0, 0.05) is 29.6 Å². The molecule has 3 aromatic rings. The third-order valence-electron chi connectivity index (χ3n) is 6.67. The van der Waals surface area contributed by atoms with Crippen LogP contribution in [0.2, 0.25) is 0 Å². The standard InChI is InChI=1S/C25H28FN3OS/c26-21-6-8-22(9-7-21)27-24-28-23(18-31-24)25(20-4-2-1-3-5-20)11-13-29(14-12-25)16-19-10-15-30-17-19/h1-9,18-19H,10-17H2,(H,27,28). The third kappa shape index (κ3) is 4.52. The Morgan fingerprint density at radius 3 is 2.58 bits per heavy atom. The molecule has 5 rings (SSSR count). The molecule has 1 unspecified atom stereocenters. The first-order valence-corrected chi connectivity index (χ1v) is 11.9. The zero-order valence-corrected chi connectivity index (χ0v) is 18.4. The summed E-state index contributed by atoms with van der Waals surface area (Å²) in [5.74, 6) is 0.444. The van der Waals surface area contributed by atoms with E-state index in [1.807, 2.05) is 0 Å². The predicted octanol–water partition coefficient (Wildman–Crippen LogP) is 5.44. The highest BCUT2D eigenvalue weighted by Crippen LogP contribution is 2.43. The monoisotopic (exact) mass is 437 g/mol. The number of anilines is 2. The van der Waals surface area contributed by atoms with Crippen LogP contribution in [0, 0.1) is 11.7 Å². The normalized spacial score (nSPS) is 21.3. The van der Waals surface area contributed by atoms with Crippen molar-refractivity contribution in [3.8, 4) is 0 Å². The first-order chi connectivity index (χ1) is 15.2. The van der Waals surface area contributed by atoms with Gasteiger partial charge in [-0.1, -0.05) is 30.3 Å². The van der Waals surface area contributed by atoms with Crippen molar-refractivity contribution in [1.29, 1.82) is 0 Å². The number of thiazole rings is 1. The highest BCUT2D eigenvalue weighted by molar-refractivity contribution is 7.13. The highest BCUT2D eigenvalue weighted by Gasteiger charge is 2.40. The lowest BCUT2D eigenvalue weighted by Gasteiger charge is -2.42. The molecule has 2 aliphatic heterocycles. The van der Waals surface area contributed by atoms with Crippen LogP contribution in [-0.4, -0.2) is 42.7 Å². The van der Waals surface area contributed by atoms with Crippen molar-refractivity contribution in [2.45, 2.75) is 24.7 Å². The van der Waals surface area contributed by atoms with Crippen LogP contribution in [0.4, 0.5) is 15.2 Å². The van der Waals surface area contributed by atoms with Crippen LogP contribution < -0.4 is 5.32 Å². The van der Waals surface area contributed by atoms with Gasteiger partial charge in [0.25, 0.3) is 0 Å². The lowest BCUT2D eigenvalue weighted by molar-refractivity contribution is 0.137. The molecule has 1 N–H and O–H groups in total. The van der Waals surface area contributed by atoms with Gasteiger partial charge in [0.1, 0.15) is 5.82 Å². The van der Waals surface area contributed by atoms with Crippen molar-refractivity contribution in [3.05, 3.63) is 77.1 Å². The van der Waals surface area contributed by atoms with Crippen LogP contribution in [0.15, 0.2) is 60.0 Å². The number of ether oxygens (including phenoxy) is 1. The van der Waals surface area contributed by atoms with E-state index in [9.17, 15) is 4.39 Å². The van der Waals surface area contributed by atoms with E-state index < -0.39 is 0 Å². The summed E-state index contributed by atoms with van der Waals surface area (Å²) in [6, 6.07) is 17.2. The number of hydrogen-bond donors (Lipinski definition) is 1. The molecule has 0 bridgehead atoms. The Morgan fingerprint density at radius 1 is 1.10 bits per heavy atom. The summed E-state index contributed by atoms with van der Waals surface area (Å²) in [6.07, 6.45) is 3.31. The van der Waals surface area contributed by atoms with Crippen molar-refractivity contribution in [2.24, 2.45) is 5.92 Å². The number of piperidine rings is 1. The molecule has 0 spiro atoms. The summed E-state index contributed by atoms with van der Waals surface area (Å²) in [5.41, 5.74) is 3.27. The van der Waals surface area contributed by atoms with E-state index in [0.717, 1.165) is 62.2 Å². The Labute approximate surface area is 187 Å². The maximum Gasteiger partial charge on any atom is 0.187 e. The second-order valence-corrected chi connectivity index (χ2v) is 9.51. The summed E-state index contributed by atoms with van der Waals surface area (Å²) in [4.78, 5) is 7.61. The van der Waals surface area contributed by atoms with Crippen molar-refractivity contribution >= 4 is 22.2 Å². The van der Waals surface area contributed by atoms with Crippen molar-refractivity contribution < 1.29 is 9.13 Å². The average Bonchev–Trinajstić information content (AvgIpc) is 3.49. The van der Waals surface area contributed by atoms with E-state index in [1.54, 1.807) is 23.5 Å². The van der Waals surface area contributed by atoms with Crippen LogP contribution in [0.3, 0.4) is 0 Å². The van der Waals surface area contributed by atoms with Crippen LogP contribution >= 0.6 is 11.3 Å². The van der Waals surface area contributed by atoms with E-state index in [-0.39, 0.29) is 11.2 Å². The van der Waals surface area contributed by atoms with Gasteiger partial charge in [-0.25, -0.2) is 9.37 Å². The summed E-state index contributed by atoms with van der Waals surface area (Å²) >= 11 is 1.62. The van der Waals surface area contributed by atoms with Crippen LogP contribution in [0.25, 0.3) is 0 Å². The van der Waals surface area contributed by atoms with E-state index in [2.05, 4.69) is 45.9 Å². The zero-order chi connectivity index (χ0) is 21.1. The van der Waals surface area contributed by atoms with Crippen LogP contribution in [0.5, 0.6) is 0 Å². The van der Waals surface area contributed by atoms with E-state index >= 15 is 0 Å². The summed E-state index contributed by atoms with van der Waals surface area (Å²) in [7, 11) is 0. The minimum atomic E-state index is -0.232. The van der Waals surface area contributed by atoms with E-state index in [4.69, 9.17) is 9.72 Å². The quantitative estimate of drug-likeness (QED) is 0.557. The van der Waals surface area contributed by atoms with Gasteiger partial charge in [-0.05, 0) is 68.1 Å². The van der Waals surface area contributed by atoms with Gasteiger partial charge in [0.05, 0.1) is 12.3 Å². The Kier molecular flexibility index (Phi) is 6.03. The van der Waals surface area contributed by atoms with E-state index in [0.29, 0.717) is 5.92 Å². The second-order valence-electron chi connectivity index (χ2n) is 8.65. The number of aromatic nitrogens is 1. The minimum Gasteiger partial charge on any atom is -0.381 e. The third-order valence-corrected chi connectivity index (χ3v) is 7.42. The molecular weight excluding hydrogens is 409 g/mol. The fraction of sp³-hybridized carbons (Fsp3) is 0.400. The van der Waals surface area contributed by atoms with Gasteiger partial charge in [-0.2, -0.15) is 0 Å². The fourth-order valence-electron chi connectivity index (χ4n) is 4.87. The topological polar surface area (TPSA) is 37.4 Å².